The zero-order chi connectivity index (χ0) is 21.7. The van der Waals surface area contributed by atoms with Crippen LogP contribution in [0, 0.1) is 5.41 Å². The van der Waals surface area contributed by atoms with Crippen molar-refractivity contribution in [2.75, 3.05) is 18.5 Å². The molecule has 0 saturated carbocycles. The summed E-state index contributed by atoms with van der Waals surface area (Å²) in [5, 5.41) is 12.8. The van der Waals surface area contributed by atoms with Gasteiger partial charge in [0.15, 0.2) is 0 Å². The Bertz CT molecular complexity index is 972. The summed E-state index contributed by atoms with van der Waals surface area (Å²) in [5.74, 6) is 0.758. The molecule has 0 aliphatic carbocycles. The number of benzene rings is 2. The summed E-state index contributed by atoms with van der Waals surface area (Å²) >= 11 is 0. The number of hydrogen-bond acceptors (Lipinski definition) is 6. The lowest BCUT2D eigenvalue weighted by Gasteiger charge is -2.18. The molecule has 0 bridgehead atoms. The molecule has 7 nitrogen and oxygen atoms in total. The summed E-state index contributed by atoms with van der Waals surface area (Å²) in [7, 11) is 2.10. The van der Waals surface area contributed by atoms with E-state index < -0.39 is 5.41 Å². The predicted octanol–water partition coefficient (Wildman–Crippen LogP) is 4.19. The van der Waals surface area contributed by atoms with E-state index in [4.69, 9.17) is 4.74 Å². The molecule has 0 atom stereocenters. The number of anilines is 1. The minimum Gasteiger partial charge on any atom is -0.426 e. The number of rotatable bonds is 7. The maximum absolute atomic E-state index is 12.0. The molecule has 0 aliphatic rings. The zero-order valence-corrected chi connectivity index (χ0v) is 18.3. The predicted molar refractivity (Wildman–Crippen MR) is 117 cm³/mol. The summed E-state index contributed by atoms with van der Waals surface area (Å²) in [6, 6.07) is 15.5. The third-order valence-corrected chi connectivity index (χ3v) is 4.65. The van der Waals surface area contributed by atoms with Gasteiger partial charge in [-0.3, -0.25) is 4.79 Å². The Hall–Kier alpha value is -3.22. The van der Waals surface area contributed by atoms with Crippen LogP contribution in [0.15, 0.2) is 48.5 Å². The number of hydrogen-bond donors (Lipinski definition) is 0. The number of ether oxygens (including phenoxy) is 1. The molecule has 0 aliphatic heterocycles. The van der Waals surface area contributed by atoms with Gasteiger partial charge >= 0.3 is 5.97 Å². The second kappa shape index (κ2) is 9.07. The summed E-state index contributed by atoms with van der Waals surface area (Å²) in [5.41, 5.74) is 2.57. The lowest BCUT2D eigenvalue weighted by atomic mass is 9.97. The van der Waals surface area contributed by atoms with Gasteiger partial charge in [0.1, 0.15) is 5.75 Å². The van der Waals surface area contributed by atoms with Gasteiger partial charge in [-0.2, -0.15) is 4.80 Å². The fraction of sp³-hybridized carbons (Fsp3) is 0.391. The van der Waals surface area contributed by atoms with Crippen molar-refractivity contribution in [2.45, 2.75) is 40.7 Å². The van der Waals surface area contributed by atoms with Crippen molar-refractivity contribution in [1.82, 2.24) is 20.2 Å². The third-order valence-electron chi connectivity index (χ3n) is 4.65. The molecular weight excluding hydrogens is 378 g/mol. The first kappa shape index (κ1) is 21.5. The lowest BCUT2D eigenvalue weighted by molar-refractivity contribution is -0.142. The molecule has 0 unspecified atom stereocenters. The Morgan fingerprint density at radius 3 is 2.33 bits per heavy atom. The van der Waals surface area contributed by atoms with Crippen molar-refractivity contribution in [3.63, 3.8) is 0 Å². The molecule has 0 fully saturated rings. The minimum atomic E-state index is -0.549. The van der Waals surface area contributed by atoms with Gasteiger partial charge in [-0.15, -0.1) is 10.2 Å². The van der Waals surface area contributed by atoms with Crippen molar-refractivity contribution < 1.29 is 9.53 Å². The molecule has 1 aromatic heterocycles. The molecule has 0 spiro atoms. The van der Waals surface area contributed by atoms with Crippen LogP contribution in [0.1, 0.15) is 39.7 Å². The third kappa shape index (κ3) is 5.43. The number of tetrazole rings is 1. The standard InChI is InChI=1S/C23H29N5O2/c1-6-15-27(5)19-11-7-17(8-12-19)16-28-25-21(24-26-28)18-9-13-20(14-10-18)30-22(29)23(2,3)4/h7-14H,6,15-16H2,1-5H3. The summed E-state index contributed by atoms with van der Waals surface area (Å²) in [6.45, 7) is 9.22. The average Bonchev–Trinajstić information content (AvgIpc) is 3.17. The molecule has 1 heterocycles. The summed E-state index contributed by atoms with van der Waals surface area (Å²) in [4.78, 5) is 15.8. The van der Waals surface area contributed by atoms with E-state index >= 15 is 0 Å². The molecule has 30 heavy (non-hydrogen) atoms. The first-order chi connectivity index (χ1) is 14.3. The highest BCUT2D eigenvalue weighted by Gasteiger charge is 2.23. The minimum absolute atomic E-state index is 0.272. The van der Waals surface area contributed by atoms with E-state index in [-0.39, 0.29) is 5.97 Å². The van der Waals surface area contributed by atoms with Crippen LogP contribution in [0.2, 0.25) is 0 Å². The Morgan fingerprint density at radius 2 is 1.73 bits per heavy atom. The Kier molecular flexibility index (Phi) is 6.50. The number of nitrogens with zero attached hydrogens (tertiary/aromatic N) is 5. The quantitative estimate of drug-likeness (QED) is 0.432. The van der Waals surface area contributed by atoms with Crippen molar-refractivity contribution in [3.8, 4) is 17.1 Å². The van der Waals surface area contributed by atoms with E-state index in [2.05, 4.69) is 58.5 Å². The van der Waals surface area contributed by atoms with Crippen LogP contribution in [0.25, 0.3) is 11.4 Å². The Labute approximate surface area is 177 Å². The maximum Gasteiger partial charge on any atom is 0.316 e. The summed E-state index contributed by atoms with van der Waals surface area (Å²) in [6.07, 6.45) is 1.11. The van der Waals surface area contributed by atoms with Gasteiger partial charge in [-0.05, 0) is 74.4 Å². The van der Waals surface area contributed by atoms with E-state index in [9.17, 15) is 4.79 Å². The van der Waals surface area contributed by atoms with Gasteiger partial charge in [0.25, 0.3) is 0 Å². The van der Waals surface area contributed by atoms with E-state index in [1.807, 2.05) is 32.9 Å². The molecule has 7 heteroatoms. The van der Waals surface area contributed by atoms with Gasteiger partial charge in [-0.25, -0.2) is 0 Å². The van der Waals surface area contributed by atoms with Crippen LogP contribution in [0.5, 0.6) is 5.75 Å². The molecule has 3 rings (SSSR count). The van der Waals surface area contributed by atoms with Gasteiger partial charge in [0.2, 0.25) is 5.82 Å². The van der Waals surface area contributed by atoms with Crippen molar-refractivity contribution in [3.05, 3.63) is 54.1 Å². The van der Waals surface area contributed by atoms with E-state index in [1.165, 1.54) is 5.69 Å². The van der Waals surface area contributed by atoms with Crippen LogP contribution in [0.4, 0.5) is 5.69 Å². The van der Waals surface area contributed by atoms with E-state index in [1.54, 1.807) is 16.9 Å². The molecule has 0 amide bonds. The fourth-order valence-corrected chi connectivity index (χ4v) is 2.84. The normalized spacial score (nSPS) is 11.4. The second-order valence-electron chi connectivity index (χ2n) is 8.40. The Balaban J connectivity index is 1.64. The Morgan fingerprint density at radius 1 is 1.07 bits per heavy atom. The zero-order valence-electron chi connectivity index (χ0n) is 18.3. The highest BCUT2D eigenvalue weighted by atomic mass is 16.5. The van der Waals surface area contributed by atoms with E-state index in [0.717, 1.165) is 24.1 Å². The number of esters is 1. The first-order valence-corrected chi connectivity index (χ1v) is 10.2. The monoisotopic (exact) mass is 407 g/mol. The van der Waals surface area contributed by atoms with Gasteiger partial charge < -0.3 is 9.64 Å². The molecule has 0 N–H and O–H groups in total. The van der Waals surface area contributed by atoms with E-state index in [0.29, 0.717) is 18.1 Å². The first-order valence-electron chi connectivity index (χ1n) is 10.2. The highest BCUT2D eigenvalue weighted by Crippen LogP contribution is 2.22. The molecule has 158 valence electrons. The maximum atomic E-state index is 12.0. The number of aromatic nitrogens is 4. The molecule has 0 saturated heterocycles. The summed E-state index contributed by atoms with van der Waals surface area (Å²) < 4.78 is 5.39. The van der Waals surface area contributed by atoms with Crippen LogP contribution in [0.3, 0.4) is 0 Å². The second-order valence-corrected chi connectivity index (χ2v) is 8.40. The SMILES string of the molecule is CCCN(C)c1ccc(Cn2nnc(-c3ccc(OC(=O)C(C)(C)C)cc3)n2)cc1. The van der Waals surface area contributed by atoms with Gasteiger partial charge in [0, 0.05) is 24.8 Å². The van der Waals surface area contributed by atoms with Gasteiger partial charge in [0.05, 0.1) is 12.0 Å². The largest absolute Gasteiger partial charge is 0.426 e. The van der Waals surface area contributed by atoms with Crippen LogP contribution < -0.4 is 9.64 Å². The van der Waals surface area contributed by atoms with Crippen molar-refractivity contribution in [2.24, 2.45) is 5.41 Å². The molecule has 0 radical (unpaired) electrons. The van der Waals surface area contributed by atoms with Gasteiger partial charge in [-0.1, -0.05) is 19.1 Å². The number of carbonyl (C=O) groups excluding carboxylic acids is 1. The van der Waals surface area contributed by atoms with Crippen molar-refractivity contribution >= 4 is 11.7 Å². The molecular formula is C23H29N5O2. The van der Waals surface area contributed by atoms with Crippen LogP contribution in [-0.4, -0.2) is 39.8 Å². The van der Waals surface area contributed by atoms with Crippen LogP contribution >= 0.6 is 0 Å². The fourth-order valence-electron chi connectivity index (χ4n) is 2.84. The lowest BCUT2D eigenvalue weighted by Crippen LogP contribution is -2.25. The average molecular weight is 408 g/mol. The topological polar surface area (TPSA) is 73.1 Å². The van der Waals surface area contributed by atoms with Crippen molar-refractivity contribution in [1.29, 1.82) is 0 Å². The van der Waals surface area contributed by atoms with Crippen LogP contribution in [-0.2, 0) is 11.3 Å². The highest BCUT2D eigenvalue weighted by molar-refractivity contribution is 5.78. The number of carbonyl (C=O) groups is 1. The molecule has 3 aromatic rings. The molecule has 2 aromatic carbocycles. The smallest absolute Gasteiger partial charge is 0.316 e.